The van der Waals surface area contributed by atoms with E-state index in [9.17, 15) is 4.79 Å². The Bertz CT molecular complexity index is 1100. The number of rotatable bonds is 3. The molecule has 0 aliphatic carbocycles. The van der Waals surface area contributed by atoms with Crippen LogP contribution >= 0.6 is 0 Å². The first-order valence-corrected chi connectivity index (χ1v) is 10.9. The molecule has 6 nitrogen and oxygen atoms in total. The molecular weight excluding hydrogens is 388 g/mol. The summed E-state index contributed by atoms with van der Waals surface area (Å²) in [4.78, 5) is 22.0. The molecule has 0 atom stereocenters. The number of hydrogen-bond donors (Lipinski definition) is 0. The Morgan fingerprint density at radius 1 is 1.13 bits per heavy atom. The van der Waals surface area contributed by atoms with E-state index in [1.165, 1.54) is 11.3 Å². The SMILES string of the molecule is Cc1cccc(OCC(=O)N2CCC3(CC2)c2nccn2-c2ccccc2CN3C)c1. The van der Waals surface area contributed by atoms with Crippen LogP contribution in [0.4, 0.5) is 0 Å². The average molecular weight is 417 g/mol. The third kappa shape index (κ3) is 3.51. The summed E-state index contributed by atoms with van der Waals surface area (Å²) < 4.78 is 7.98. The van der Waals surface area contributed by atoms with Gasteiger partial charge in [-0.05, 0) is 56.1 Å². The van der Waals surface area contributed by atoms with Gasteiger partial charge in [0.05, 0.1) is 11.2 Å². The lowest BCUT2D eigenvalue weighted by Crippen LogP contribution is -2.53. The summed E-state index contributed by atoms with van der Waals surface area (Å²) in [5.74, 6) is 1.85. The van der Waals surface area contributed by atoms with Crippen molar-refractivity contribution < 1.29 is 9.53 Å². The molecule has 0 radical (unpaired) electrons. The normalized spacial score (nSPS) is 17.7. The molecule has 1 spiro atoms. The summed E-state index contributed by atoms with van der Waals surface area (Å²) in [6.45, 7) is 4.35. The second kappa shape index (κ2) is 7.85. The highest BCUT2D eigenvalue weighted by molar-refractivity contribution is 5.78. The number of para-hydroxylation sites is 1. The summed E-state index contributed by atoms with van der Waals surface area (Å²) in [5, 5.41) is 0. The molecule has 2 aromatic carbocycles. The van der Waals surface area contributed by atoms with Gasteiger partial charge in [-0.3, -0.25) is 9.69 Å². The van der Waals surface area contributed by atoms with E-state index in [1.54, 1.807) is 0 Å². The minimum atomic E-state index is -0.184. The van der Waals surface area contributed by atoms with Gasteiger partial charge in [0, 0.05) is 32.0 Å². The zero-order chi connectivity index (χ0) is 21.4. The summed E-state index contributed by atoms with van der Waals surface area (Å²) in [6.07, 6.45) is 5.65. The molecule has 0 N–H and O–H groups in total. The Kier molecular flexibility index (Phi) is 5.02. The second-order valence-corrected chi connectivity index (χ2v) is 8.62. The number of piperidine rings is 1. The summed E-state index contributed by atoms with van der Waals surface area (Å²) in [5.41, 5.74) is 3.43. The quantitative estimate of drug-likeness (QED) is 0.656. The summed E-state index contributed by atoms with van der Waals surface area (Å²) in [7, 11) is 2.18. The Balaban J connectivity index is 1.32. The number of carbonyl (C=O) groups is 1. The molecule has 1 fully saturated rings. The lowest BCUT2D eigenvalue weighted by molar-refractivity contribution is -0.136. The first-order chi connectivity index (χ1) is 15.1. The molecular formula is C25H28N4O2. The van der Waals surface area contributed by atoms with Gasteiger partial charge < -0.3 is 14.2 Å². The molecule has 160 valence electrons. The molecule has 0 bridgehead atoms. The van der Waals surface area contributed by atoms with Gasteiger partial charge in [-0.25, -0.2) is 4.98 Å². The smallest absolute Gasteiger partial charge is 0.260 e. The summed E-state index contributed by atoms with van der Waals surface area (Å²) >= 11 is 0. The Morgan fingerprint density at radius 2 is 1.94 bits per heavy atom. The monoisotopic (exact) mass is 416 g/mol. The number of nitrogens with zero attached hydrogens (tertiary/aromatic N) is 4. The number of ether oxygens (including phenoxy) is 1. The highest BCUT2D eigenvalue weighted by Crippen LogP contribution is 2.41. The molecule has 2 aliphatic rings. The molecule has 3 aromatic rings. The molecule has 2 aliphatic heterocycles. The topological polar surface area (TPSA) is 50.6 Å². The van der Waals surface area contributed by atoms with Gasteiger partial charge >= 0.3 is 0 Å². The van der Waals surface area contributed by atoms with Crippen molar-refractivity contribution in [3.05, 3.63) is 77.9 Å². The maximum Gasteiger partial charge on any atom is 0.260 e. The Labute approximate surface area is 183 Å². The van der Waals surface area contributed by atoms with Gasteiger partial charge in [-0.15, -0.1) is 0 Å². The molecule has 1 amide bonds. The third-order valence-corrected chi connectivity index (χ3v) is 6.74. The molecule has 31 heavy (non-hydrogen) atoms. The fourth-order valence-corrected chi connectivity index (χ4v) is 4.97. The van der Waals surface area contributed by atoms with Crippen LogP contribution in [-0.2, 0) is 16.9 Å². The Hall–Kier alpha value is -3.12. The van der Waals surface area contributed by atoms with Gasteiger partial charge in [0.2, 0.25) is 0 Å². The third-order valence-electron chi connectivity index (χ3n) is 6.74. The fourth-order valence-electron chi connectivity index (χ4n) is 4.97. The highest BCUT2D eigenvalue weighted by Gasteiger charge is 2.45. The molecule has 1 aromatic heterocycles. The molecule has 5 rings (SSSR count). The van der Waals surface area contributed by atoms with Gasteiger partial charge in [-0.2, -0.15) is 0 Å². The zero-order valence-corrected chi connectivity index (χ0v) is 18.1. The first-order valence-electron chi connectivity index (χ1n) is 10.9. The van der Waals surface area contributed by atoms with Crippen molar-refractivity contribution in [2.45, 2.75) is 31.8 Å². The van der Waals surface area contributed by atoms with Crippen molar-refractivity contribution in [1.29, 1.82) is 0 Å². The molecule has 3 heterocycles. The standard InChI is InChI=1S/C25H28N4O2/c1-19-6-5-8-21(16-19)31-18-23(30)28-13-10-25(11-14-28)24-26-12-15-29(24)22-9-4-3-7-20(22)17-27(25)2/h3-9,12,15-16H,10-11,13-14,17-18H2,1-2H3. The van der Waals surface area contributed by atoms with E-state index >= 15 is 0 Å². The van der Waals surface area contributed by atoms with Gasteiger partial charge in [0.15, 0.2) is 6.61 Å². The van der Waals surface area contributed by atoms with Crippen molar-refractivity contribution in [2.24, 2.45) is 0 Å². The lowest BCUT2D eigenvalue weighted by atomic mass is 9.84. The lowest BCUT2D eigenvalue weighted by Gasteiger charge is -2.45. The minimum Gasteiger partial charge on any atom is -0.484 e. The molecule has 0 unspecified atom stereocenters. The van der Waals surface area contributed by atoms with E-state index in [2.05, 4.69) is 47.0 Å². The number of carbonyl (C=O) groups excluding carboxylic acids is 1. The van der Waals surface area contributed by atoms with Crippen molar-refractivity contribution in [1.82, 2.24) is 19.4 Å². The number of amides is 1. The van der Waals surface area contributed by atoms with E-state index in [-0.39, 0.29) is 18.1 Å². The minimum absolute atomic E-state index is 0.0410. The number of fused-ring (bicyclic) bond motifs is 4. The fraction of sp³-hybridized carbons (Fsp3) is 0.360. The predicted molar refractivity (Wildman–Crippen MR) is 119 cm³/mol. The van der Waals surface area contributed by atoms with Crippen LogP contribution in [0.3, 0.4) is 0 Å². The second-order valence-electron chi connectivity index (χ2n) is 8.62. The van der Waals surface area contributed by atoms with Crippen LogP contribution in [0, 0.1) is 6.92 Å². The average Bonchev–Trinajstić information content (AvgIpc) is 3.25. The number of aryl methyl sites for hydroxylation is 1. The number of aromatic nitrogens is 2. The number of likely N-dealkylation sites (tertiary alicyclic amines) is 1. The van der Waals surface area contributed by atoms with E-state index in [0.717, 1.165) is 36.5 Å². The van der Waals surface area contributed by atoms with Crippen LogP contribution < -0.4 is 4.74 Å². The van der Waals surface area contributed by atoms with Crippen molar-refractivity contribution in [3.8, 4) is 11.4 Å². The van der Waals surface area contributed by atoms with Crippen molar-refractivity contribution in [3.63, 3.8) is 0 Å². The van der Waals surface area contributed by atoms with Crippen LogP contribution in [0.25, 0.3) is 5.69 Å². The van der Waals surface area contributed by atoms with Crippen LogP contribution in [0.15, 0.2) is 60.9 Å². The van der Waals surface area contributed by atoms with Crippen LogP contribution in [-0.4, -0.2) is 52.0 Å². The molecule has 1 saturated heterocycles. The van der Waals surface area contributed by atoms with E-state index in [0.29, 0.717) is 13.1 Å². The van der Waals surface area contributed by atoms with Crippen molar-refractivity contribution >= 4 is 5.91 Å². The molecule has 6 heteroatoms. The van der Waals surface area contributed by atoms with Crippen LogP contribution in [0.2, 0.25) is 0 Å². The maximum atomic E-state index is 12.8. The van der Waals surface area contributed by atoms with Gasteiger partial charge in [0.1, 0.15) is 11.6 Å². The van der Waals surface area contributed by atoms with Crippen molar-refractivity contribution in [2.75, 3.05) is 26.7 Å². The zero-order valence-electron chi connectivity index (χ0n) is 18.1. The molecule has 0 saturated carbocycles. The predicted octanol–water partition coefficient (Wildman–Crippen LogP) is 3.52. The van der Waals surface area contributed by atoms with Gasteiger partial charge in [0.25, 0.3) is 5.91 Å². The highest BCUT2D eigenvalue weighted by atomic mass is 16.5. The number of hydrogen-bond acceptors (Lipinski definition) is 4. The summed E-state index contributed by atoms with van der Waals surface area (Å²) in [6, 6.07) is 16.3. The number of benzene rings is 2. The van der Waals surface area contributed by atoms with E-state index in [1.807, 2.05) is 42.3 Å². The maximum absolute atomic E-state index is 12.8. The largest absolute Gasteiger partial charge is 0.484 e. The van der Waals surface area contributed by atoms with E-state index in [4.69, 9.17) is 9.72 Å². The van der Waals surface area contributed by atoms with Gasteiger partial charge in [-0.1, -0.05) is 30.3 Å². The van der Waals surface area contributed by atoms with E-state index < -0.39 is 0 Å². The van der Waals surface area contributed by atoms with Crippen LogP contribution in [0.1, 0.15) is 29.8 Å². The van der Waals surface area contributed by atoms with Crippen LogP contribution in [0.5, 0.6) is 5.75 Å². The number of imidazole rings is 1. The first kappa shape index (κ1) is 19.8. The Morgan fingerprint density at radius 3 is 2.74 bits per heavy atom.